The van der Waals surface area contributed by atoms with Gasteiger partial charge in [-0.15, -0.1) is 0 Å². The van der Waals surface area contributed by atoms with E-state index in [1.165, 1.54) is 70.6 Å². The summed E-state index contributed by atoms with van der Waals surface area (Å²) in [5, 5.41) is 0. The molecule has 0 aromatic rings. The summed E-state index contributed by atoms with van der Waals surface area (Å²) in [5.41, 5.74) is 6.54. The second-order valence-corrected chi connectivity index (χ2v) is 11.7. The van der Waals surface area contributed by atoms with Crippen LogP contribution in [0.15, 0.2) is 0 Å². The largest absolute Gasteiger partial charge is 0.463 e. The third-order valence-corrected chi connectivity index (χ3v) is 10.5. The van der Waals surface area contributed by atoms with Crippen molar-refractivity contribution in [1.29, 1.82) is 0 Å². The number of carbonyl (C=O) groups is 1. The maximum absolute atomic E-state index is 12.1. The van der Waals surface area contributed by atoms with E-state index in [0.29, 0.717) is 43.6 Å². The van der Waals surface area contributed by atoms with Crippen molar-refractivity contribution < 1.29 is 14.3 Å². The summed E-state index contributed by atoms with van der Waals surface area (Å²) in [5.74, 6) is 4.64. The highest BCUT2D eigenvalue weighted by Crippen LogP contribution is 2.67. The number of ether oxygens (including phenoxy) is 2. The average Bonchev–Trinajstić information content (AvgIpc) is 3.09. The first-order valence-corrected chi connectivity index (χ1v) is 13.4. The Morgan fingerprint density at radius 3 is 2.58 bits per heavy atom. The Morgan fingerprint density at radius 1 is 0.903 bits per heavy atom. The van der Waals surface area contributed by atoms with Crippen LogP contribution in [0.25, 0.3) is 0 Å². The molecule has 0 aliphatic heterocycles. The van der Waals surface area contributed by atoms with Crippen molar-refractivity contribution in [2.24, 2.45) is 46.2 Å². The maximum Gasteiger partial charge on any atom is 0.305 e. The van der Waals surface area contributed by atoms with E-state index < -0.39 is 0 Å². The molecule has 2 N–H and O–H groups in total. The summed E-state index contributed by atoms with van der Waals surface area (Å²) in [6.45, 7) is 7.14. The van der Waals surface area contributed by atoms with E-state index in [4.69, 9.17) is 15.2 Å². The minimum absolute atomic E-state index is 0.0664. The van der Waals surface area contributed by atoms with Gasteiger partial charge in [0.15, 0.2) is 0 Å². The van der Waals surface area contributed by atoms with Crippen molar-refractivity contribution in [1.82, 2.24) is 0 Å². The summed E-state index contributed by atoms with van der Waals surface area (Å²) in [7, 11) is 0. The van der Waals surface area contributed by atoms with Crippen molar-refractivity contribution in [3.8, 4) is 0 Å². The van der Waals surface area contributed by atoms with Crippen LogP contribution in [0.4, 0.5) is 0 Å². The lowest BCUT2D eigenvalue weighted by atomic mass is 9.45. The Bertz CT molecular complexity index is 609. The van der Waals surface area contributed by atoms with E-state index in [9.17, 15) is 4.79 Å². The highest BCUT2D eigenvalue weighted by atomic mass is 16.6. The van der Waals surface area contributed by atoms with Gasteiger partial charge in [0.25, 0.3) is 0 Å². The fourth-order valence-corrected chi connectivity index (χ4v) is 8.84. The van der Waals surface area contributed by atoms with Crippen LogP contribution in [0.2, 0.25) is 0 Å². The van der Waals surface area contributed by atoms with Gasteiger partial charge in [0, 0.05) is 13.0 Å². The topological polar surface area (TPSA) is 61.5 Å². The third kappa shape index (κ3) is 4.71. The van der Waals surface area contributed by atoms with E-state index in [-0.39, 0.29) is 5.97 Å². The molecule has 0 aromatic heterocycles. The first kappa shape index (κ1) is 23.5. The van der Waals surface area contributed by atoms with Crippen molar-refractivity contribution in [3.63, 3.8) is 0 Å². The molecule has 4 aliphatic rings. The molecule has 4 heteroatoms. The predicted octanol–water partition coefficient (Wildman–Crippen LogP) is 5.72. The van der Waals surface area contributed by atoms with Crippen LogP contribution in [-0.4, -0.2) is 32.3 Å². The Labute approximate surface area is 190 Å². The lowest BCUT2D eigenvalue weighted by molar-refractivity contribution is -0.145. The first-order valence-electron chi connectivity index (χ1n) is 13.4. The number of esters is 1. The minimum Gasteiger partial charge on any atom is -0.463 e. The smallest absolute Gasteiger partial charge is 0.305 e. The van der Waals surface area contributed by atoms with Crippen molar-refractivity contribution >= 4 is 5.97 Å². The normalized spacial score (nSPS) is 41.8. The van der Waals surface area contributed by atoms with Crippen molar-refractivity contribution in [2.45, 2.75) is 97.3 Å². The van der Waals surface area contributed by atoms with E-state index in [2.05, 4.69) is 13.8 Å². The van der Waals surface area contributed by atoms with Crippen LogP contribution in [0, 0.1) is 40.4 Å². The summed E-state index contributed by atoms with van der Waals surface area (Å²) < 4.78 is 10.6. The molecule has 0 spiro atoms. The van der Waals surface area contributed by atoms with Crippen LogP contribution in [0.3, 0.4) is 0 Å². The SMILES string of the molecule is CC12CCCCC1CCC1C2CCC2(C)C(CCCC(=O)OCCOCCN)CCC12. The first-order chi connectivity index (χ1) is 15.0. The molecular weight excluding hydrogens is 386 g/mol. The highest BCUT2D eigenvalue weighted by molar-refractivity contribution is 5.69. The zero-order chi connectivity index (χ0) is 21.9. The zero-order valence-electron chi connectivity index (χ0n) is 20.2. The minimum atomic E-state index is -0.0664. The lowest BCUT2D eigenvalue weighted by Crippen LogP contribution is -2.52. The average molecular weight is 434 g/mol. The summed E-state index contributed by atoms with van der Waals surface area (Å²) >= 11 is 0. The fraction of sp³-hybridized carbons (Fsp3) is 0.963. The zero-order valence-corrected chi connectivity index (χ0v) is 20.2. The Kier molecular flexibility index (Phi) is 7.68. The molecule has 31 heavy (non-hydrogen) atoms. The van der Waals surface area contributed by atoms with Crippen molar-refractivity contribution in [3.05, 3.63) is 0 Å². The molecule has 0 saturated heterocycles. The van der Waals surface area contributed by atoms with Crippen LogP contribution < -0.4 is 5.73 Å². The molecular formula is C27H47NO3. The number of nitrogens with two attached hydrogens (primary N) is 1. The molecule has 4 saturated carbocycles. The molecule has 0 amide bonds. The molecule has 0 radical (unpaired) electrons. The van der Waals surface area contributed by atoms with Gasteiger partial charge in [-0.3, -0.25) is 4.79 Å². The number of rotatable bonds is 9. The molecule has 4 fully saturated rings. The van der Waals surface area contributed by atoms with Gasteiger partial charge in [-0.1, -0.05) is 26.7 Å². The van der Waals surface area contributed by atoms with Gasteiger partial charge >= 0.3 is 5.97 Å². The molecule has 178 valence electrons. The monoisotopic (exact) mass is 433 g/mol. The number of hydrogen-bond acceptors (Lipinski definition) is 4. The molecule has 0 bridgehead atoms. The highest BCUT2D eigenvalue weighted by Gasteiger charge is 2.59. The number of carbonyl (C=O) groups excluding carboxylic acids is 1. The quantitative estimate of drug-likeness (QED) is 0.373. The van der Waals surface area contributed by atoms with Crippen LogP contribution in [0.1, 0.15) is 97.3 Å². The third-order valence-electron chi connectivity index (χ3n) is 10.5. The van der Waals surface area contributed by atoms with E-state index in [1.54, 1.807) is 0 Å². The maximum atomic E-state index is 12.1. The van der Waals surface area contributed by atoms with Gasteiger partial charge < -0.3 is 15.2 Å². The van der Waals surface area contributed by atoms with Gasteiger partial charge in [-0.2, -0.15) is 0 Å². The Hall–Kier alpha value is -0.610. The molecule has 4 aliphatic carbocycles. The second kappa shape index (κ2) is 10.1. The predicted molar refractivity (Wildman–Crippen MR) is 125 cm³/mol. The van der Waals surface area contributed by atoms with Crippen molar-refractivity contribution in [2.75, 3.05) is 26.4 Å². The number of fused-ring (bicyclic) bond motifs is 5. The molecule has 4 nitrogen and oxygen atoms in total. The van der Waals surface area contributed by atoms with Crippen LogP contribution in [0.5, 0.6) is 0 Å². The van der Waals surface area contributed by atoms with E-state index in [1.807, 2.05) is 0 Å². The molecule has 0 heterocycles. The number of hydrogen-bond donors (Lipinski definition) is 1. The van der Waals surface area contributed by atoms with Gasteiger partial charge in [0.2, 0.25) is 0 Å². The molecule has 0 aromatic carbocycles. The fourth-order valence-electron chi connectivity index (χ4n) is 8.84. The second-order valence-electron chi connectivity index (χ2n) is 11.7. The Morgan fingerprint density at radius 2 is 1.74 bits per heavy atom. The van der Waals surface area contributed by atoms with Gasteiger partial charge in [0.05, 0.1) is 13.2 Å². The van der Waals surface area contributed by atoms with Gasteiger partial charge in [-0.05, 0) is 105 Å². The van der Waals surface area contributed by atoms with Crippen LogP contribution >= 0.6 is 0 Å². The van der Waals surface area contributed by atoms with Gasteiger partial charge in [-0.25, -0.2) is 0 Å². The van der Waals surface area contributed by atoms with Gasteiger partial charge in [0.1, 0.15) is 6.61 Å². The summed E-state index contributed by atoms with van der Waals surface area (Å²) in [4.78, 5) is 12.1. The standard InChI is InChI=1S/C27H47NO3/c1-26-14-4-3-6-20(26)9-11-22-23-12-10-21(27(23,2)15-13-24(22)26)7-5-8-25(29)31-19-18-30-17-16-28/h20-24H,3-19,28H2,1-2H3. The van der Waals surface area contributed by atoms with E-state index >= 15 is 0 Å². The molecule has 4 rings (SSSR count). The summed E-state index contributed by atoms with van der Waals surface area (Å²) in [6, 6.07) is 0. The Balaban J connectivity index is 1.26. The van der Waals surface area contributed by atoms with Crippen LogP contribution in [-0.2, 0) is 14.3 Å². The van der Waals surface area contributed by atoms with E-state index in [0.717, 1.165) is 36.0 Å². The summed E-state index contributed by atoms with van der Waals surface area (Å²) in [6.07, 6.45) is 17.4. The lowest BCUT2D eigenvalue weighted by Gasteiger charge is -2.60. The molecule has 7 unspecified atom stereocenters. The molecule has 7 atom stereocenters.